The number of fused-ring (bicyclic) bond motifs is 1. The first kappa shape index (κ1) is 19.1. The Morgan fingerprint density at radius 3 is 2.60 bits per heavy atom. The summed E-state index contributed by atoms with van der Waals surface area (Å²) < 4.78 is 5.08. The Bertz CT molecular complexity index is 1240. The van der Waals surface area contributed by atoms with E-state index in [4.69, 9.17) is 4.74 Å². The van der Waals surface area contributed by atoms with Gasteiger partial charge in [0.2, 0.25) is 0 Å². The number of amides is 1. The van der Waals surface area contributed by atoms with Gasteiger partial charge in [-0.25, -0.2) is 10.4 Å². The van der Waals surface area contributed by atoms with Gasteiger partial charge in [0.05, 0.1) is 30.1 Å². The summed E-state index contributed by atoms with van der Waals surface area (Å²) in [5.74, 6) is -0.0824. The van der Waals surface area contributed by atoms with E-state index in [9.17, 15) is 9.90 Å². The second-order valence-corrected chi connectivity index (χ2v) is 6.54. The first-order valence-corrected chi connectivity index (χ1v) is 9.32. The van der Waals surface area contributed by atoms with E-state index in [2.05, 4.69) is 15.5 Å². The van der Waals surface area contributed by atoms with E-state index >= 15 is 0 Å². The maximum absolute atomic E-state index is 12.9. The number of nitrogens with one attached hydrogen (secondary N) is 1. The summed E-state index contributed by atoms with van der Waals surface area (Å²) in [5, 5.41) is 14.9. The van der Waals surface area contributed by atoms with Crippen LogP contribution in [0.15, 0.2) is 84.0 Å². The van der Waals surface area contributed by atoms with E-state index in [1.165, 1.54) is 13.3 Å². The third kappa shape index (κ3) is 3.84. The fourth-order valence-electron chi connectivity index (χ4n) is 3.15. The number of aromatic hydroxyl groups is 1. The quantitative estimate of drug-likeness (QED) is 0.387. The van der Waals surface area contributed by atoms with Crippen LogP contribution in [-0.4, -0.2) is 29.3 Å². The largest absolute Gasteiger partial charge is 0.504 e. The molecule has 0 unspecified atom stereocenters. The van der Waals surface area contributed by atoms with E-state index in [0.29, 0.717) is 22.6 Å². The lowest BCUT2D eigenvalue weighted by Crippen LogP contribution is -2.18. The number of ether oxygens (including phenoxy) is 1. The van der Waals surface area contributed by atoms with Crippen LogP contribution < -0.4 is 10.2 Å². The van der Waals surface area contributed by atoms with Crippen LogP contribution in [0.25, 0.3) is 22.2 Å². The lowest BCUT2D eigenvalue weighted by molar-refractivity contribution is 0.0956. The zero-order chi connectivity index (χ0) is 20.9. The topological polar surface area (TPSA) is 83.8 Å². The van der Waals surface area contributed by atoms with E-state index in [1.54, 1.807) is 24.3 Å². The van der Waals surface area contributed by atoms with Gasteiger partial charge in [-0.2, -0.15) is 5.10 Å². The Morgan fingerprint density at radius 1 is 1.03 bits per heavy atom. The molecule has 0 saturated carbocycles. The van der Waals surface area contributed by atoms with Crippen LogP contribution in [0.1, 0.15) is 15.9 Å². The van der Waals surface area contributed by atoms with Crippen LogP contribution in [0.3, 0.4) is 0 Å². The highest BCUT2D eigenvalue weighted by atomic mass is 16.5. The van der Waals surface area contributed by atoms with E-state index < -0.39 is 0 Å². The molecule has 30 heavy (non-hydrogen) atoms. The summed E-state index contributed by atoms with van der Waals surface area (Å²) in [7, 11) is 1.47. The Hall–Kier alpha value is -4.19. The van der Waals surface area contributed by atoms with Crippen molar-refractivity contribution in [2.45, 2.75) is 0 Å². The Balaban J connectivity index is 1.66. The average Bonchev–Trinajstić information content (AvgIpc) is 2.80. The molecule has 6 nitrogen and oxygen atoms in total. The minimum atomic E-state index is -0.371. The number of methoxy groups -OCH3 is 1. The number of phenols is 1. The van der Waals surface area contributed by atoms with Gasteiger partial charge in [0.15, 0.2) is 11.5 Å². The summed E-state index contributed by atoms with van der Waals surface area (Å²) in [5.41, 5.74) is 5.77. The number of benzene rings is 3. The monoisotopic (exact) mass is 397 g/mol. The van der Waals surface area contributed by atoms with Gasteiger partial charge in [-0.1, -0.05) is 54.6 Å². The molecule has 0 fully saturated rings. The average molecular weight is 397 g/mol. The third-order valence-electron chi connectivity index (χ3n) is 4.65. The predicted molar refractivity (Wildman–Crippen MR) is 117 cm³/mol. The second-order valence-electron chi connectivity index (χ2n) is 6.54. The highest BCUT2D eigenvalue weighted by molar-refractivity contribution is 6.07. The molecule has 1 amide bonds. The lowest BCUT2D eigenvalue weighted by Gasteiger charge is -2.09. The molecule has 0 radical (unpaired) electrons. The van der Waals surface area contributed by atoms with Crippen molar-refractivity contribution in [1.29, 1.82) is 0 Å². The first-order chi connectivity index (χ1) is 14.7. The van der Waals surface area contributed by atoms with Gasteiger partial charge >= 0.3 is 0 Å². The van der Waals surface area contributed by atoms with Crippen LogP contribution in [0, 0.1) is 0 Å². The van der Waals surface area contributed by atoms with Gasteiger partial charge in [0.25, 0.3) is 5.91 Å². The number of carbonyl (C=O) groups excluding carboxylic acids is 1. The van der Waals surface area contributed by atoms with Gasteiger partial charge in [0.1, 0.15) is 0 Å². The molecule has 1 aromatic heterocycles. The van der Waals surface area contributed by atoms with Crippen LogP contribution in [0.5, 0.6) is 11.5 Å². The van der Waals surface area contributed by atoms with Gasteiger partial charge in [-0.3, -0.25) is 4.79 Å². The number of phenolic OH excluding ortho intramolecular Hbond substituents is 1. The van der Waals surface area contributed by atoms with Crippen molar-refractivity contribution >= 4 is 23.0 Å². The molecule has 0 spiro atoms. The summed E-state index contributed by atoms with van der Waals surface area (Å²) in [6.45, 7) is 0. The molecule has 0 bridgehead atoms. The number of para-hydroxylation sites is 2. The van der Waals surface area contributed by atoms with Gasteiger partial charge in [-0.05, 0) is 24.3 Å². The van der Waals surface area contributed by atoms with Crippen LogP contribution in [0.2, 0.25) is 0 Å². The summed E-state index contributed by atoms with van der Waals surface area (Å²) >= 11 is 0. The minimum absolute atomic E-state index is 0.0428. The molecular weight excluding hydrogens is 378 g/mol. The maximum atomic E-state index is 12.9. The molecule has 4 aromatic rings. The van der Waals surface area contributed by atoms with Gasteiger partial charge in [-0.15, -0.1) is 0 Å². The highest BCUT2D eigenvalue weighted by Crippen LogP contribution is 2.28. The molecule has 2 N–H and O–H groups in total. The number of pyridine rings is 1. The zero-order valence-electron chi connectivity index (χ0n) is 16.2. The highest BCUT2D eigenvalue weighted by Gasteiger charge is 2.13. The van der Waals surface area contributed by atoms with Crippen molar-refractivity contribution in [3.8, 4) is 22.8 Å². The SMILES string of the molecule is COc1cccc(/C=N\NC(=O)c2cc(-c3ccccc3)nc3ccccc23)c1O. The van der Waals surface area contributed by atoms with Crippen molar-refractivity contribution in [2.24, 2.45) is 5.10 Å². The van der Waals surface area contributed by atoms with Crippen LogP contribution in [-0.2, 0) is 0 Å². The lowest BCUT2D eigenvalue weighted by atomic mass is 10.0. The minimum Gasteiger partial charge on any atom is -0.504 e. The molecule has 0 aliphatic heterocycles. The Kier molecular flexibility index (Phi) is 5.39. The molecule has 0 aliphatic rings. The Morgan fingerprint density at radius 2 is 1.80 bits per heavy atom. The first-order valence-electron chi connectivity index (χ1n) is 9.32. The zero-order valence-corrected chi connectivity index (χ0v) is 16.2. The van der Waals surface area contributed by atoms with E-state index in [1.807, 2.05) is 54.6 Å². The number of aromatic nitrogens is 1. The molecule has 6 heteroatoms. The molecule has 1 heterocycles. The van der Waals surface area contributed by atoms with Gasteiger partial charge in [0, 0.05) is 16.5 Å². The number of hydrazone groups is 1. The van der Waals surface area contributed by atoms with Crippen molar-refractivity contribution in [1.82, 2.24) is 10.4 Å². The van der Waals surface area contributed by atoms with Crippen molar-refractivity contribution in [2.75, 3.05) is 7.11 Å². The second kappa shape index (κ2) is 8.45. The fourth-order valence-corrected chi connectivity index (χ4v) is 3.15. The number of nitrogens with zero attached hydrogens (tertiary/aromatic N) is 2. The molecule has 0 saturated heterocycles. The number of carbonyl (C=O) groups is 1. The van der Waals surface area contributed by atoms with Crippen LogP contribution >= 0.6 is 0 Å². The van der Waals surface area contributed by atoms with E-state index in [0.717, 1.165) is 16.5 Å². The van der Waals surface area contributed by atoms with Crippen molar-refractivity contribution in [3.05, 3.63) is 90.0 Å². The van der Waals surface area contributed by atoms with Crippen LogP contribution in [0.4, 0.5) is 0 Å². The predicted octanol–water partition coefficient (Wildman–Crippen LogP) is 4.38. The van der Waals surface area contributed by atoms with Crippen molar-refractivity contribution in [3.63, 3.8) is 0 Å². The molecule has 0 atom stereocenters. The molecular formula is C24H19N3O3. The van der Waals surface area contributed by atoms with Gasteiger partial charge < -0.3 is 9.84 Å². The smallest absolute Gasteiger partial charge is 0.272 e. The Labute approximate surface area is 173 Å². The molecule has 0 aliphatic carbocycles. The normalized spacial score (nSPS) is 11.0. The maximum Gasteiger partial charge on any atom is 0.272 e. The summed E-state index contributed by atoms with van der Waals surface area (Å²) in [6, 6.07) is 23.9. The molecule has 3 aromatic carbocycles. The number of hydrogen-bond acceptors (Lipinski definition) is 5. The van der Waals surface area contributed by atoms with Crippen molar-refractivity contribution < 1.29 is 14.6 Å². The number of hydrogen-bond donors (Lipinski definition) is 2. The summed E-state index contributed by atoms with van der Waals surface area (Å²) in [4.78, 5) is 17.6. The standard InChI is InChI=1S/C24H19N3O3/c1-30-22-13-7-10-17(23(22)28)15-25-27-24(29)19-14-21(16-8-3-2-4-9-16)26-20-12-6-5-11-18(19)20/h2-15,28H,1H3,(H,27,29)/b25-15-. The molecule has 148 valence electrons. The summed E-state index contributed by atoms with van der Waals surface area (Å²) in [6.07, 6.45) is 1.37. The number of rotatable bonds is 5. The fraction of sp³-hybridized carbons (Fsp3) is 0.0417. The third-order valence-corrected chi connectivity index (χ3v) is 4.65. The van der Waals surface area contributed by atoms with E-state index in [-0.39, 0.29) is 11.7 Å². The molecule has 4 rings (SSSR count).